The Morgan fingerprint density at radius 3 is 2.21 bits per heavy atom. The molecule has 0 radical (unpaired) electrons. The molecule has 19 heavy (non-hydrogen) atoms. The van der Waals surface area contributed by atoms with Gasteiger partial charge in [-0.05, 0) is 36.6 Å². The Kier molecular flexibility index (Phi) is 4.23. The van der Waals surface area contributed by atoms with Crippen molar-refractivity contribution >= 4 is 11.4 Å². The predicted octanol–water partition coefficient (Wildman–Crippen LogP) is 4.17. The summed E-state index contributed by atoms with van der Waals surface area (Å²) in [5.41, 5.74) is 11.1. The summed E-state index contributed by atoms with van der Waals surface area (Å²) in [6.07, 6.45) is 0.943. The van der Waals surface area contributed by atoms with Crippen molar-refractivity contribution in [2.24, 2.45) is 5.73 Å². The zero-order chi connectivity index (χ0) is 13.8. The molecule has 2 nitrogen and oxygen atoms in total. The second-order valence-corrected chi connectivity index (χ2v) is 4.92. The molecule has 0 amide bonds. The molecule has 2 aromatic rings. The molecule has 2 N–H and O–H groups in total. The van der Waals surface area contributed by atoms with Gasteiger partial charge in [-0.2, -0.15) is 0 Å². The summed E-state index contributed by atoms with van der Waals surface area (Å²) in [4.78, 5) is 2.22. The molecule has 0 aliphatic carbocycles. The topological polar surface area (TPSA) is 29.3 Å². The maximum Gasteiger partial charge on any atom is 0.0456 e. The van der Waals surface area contributed by atoms with Crippen LogP contribution in [0, 0.1) is 6.92 Å². The first-order chi connectivity index (χ1) is 9.15. The van der Waals surface area contributed by atoms with E-state index in [9.17, 15) is 0 Å². The van der Waals surface area contributed by atoms with E-state index in [1.54, 1.807) is 0 Å². The predicted molar refractivity (Wildman–Crippen MR) is 82.9 cm³/mol. The Bertz CT molecular complexity index is 548. The molecule has 0 saturated carbocycles. The summed E-state index contributed by atoms with van der Waals surface area (Å²) in [7, 11) is 2.10. The van der Waals surface area contributed by atoms with Crippen molar-refractivity contribution in [3.05, 3.63) is 59.7 Å². The van der Waals surface area contributed by atoms with Gasteiger partial charge < -0.3 is 10.6 Å². The third-order valence-corrected chi connectivity index (χ3v) is 3.61. The van der Waals surface area contributed by atoms with Crippen LogP contribution in [-0.2, 0) is 0 Å². The van der Waals surface area contributed by atoms with E-state index in [2.05, 4.69) is 74.3 Å². The number of nitrogens with zero attached hydrogens (tertiary/aromatic N) is 1. The van der Waals surface area contributed by atoms with Gasteiger partial charge in [-0.1, -0.05) is 43.3 Å². The molecule has 0 aliphatic heterocycles. The zero-order valence-corrected chi connectivity index (χ0v) is 11.9. The molecule has 0 aromatic heterocycles. The van der Waals surface area contributed by atoms with Crippen LogP contribution in [0.1, 0.15) is 30.5 Å². The molecule has 2 heteroatoms. The van der Waals surface area contributed by atoms with Crippen molar-refractivity contribution in [3.63, 3.8) is 0 Å². The Balaban J connectivity index is 2.45. The van der Waals surface area contributed by atoms with E-state index < -0.39 is 0 Å². The van der Waals surface area contributed by atoms with Crippen molar-refractivity contribution in [1.82, 2.24) is 0 Å². The molecule has 2 aromatic carbocycles. The smallest absolute Gasteiger partial charge is 0.0456 e. The van der Waals surface area contributed by atoms with Gasteiger partial charge in [0.1, 0.15) is 0 Å². The van der Waals surface area contributed by atoms with Crippen molar-refractivity contribution in [2.45, 2.75) is 26.3 Å². The van der Waals surface area contributed by atoms with Crippen LogP contribution >= 0.6 is 0 Å². The minimum absolute atomic E-state index is 0.0858. The summed E-state index contributed by atoms with van der Waals surface area (Å²) in [6, 6.07) is 16.9. The minimum Gasteiger partial charge on any atom is -0.344 e. The minimum atomic E-state index is 0.0858. The first-order valence-corrected chi connectivity index (χ1v) is 6.79. The molecule has 1 atom stereocenters. The van der Waals surface area contributed by atoms with Gasteiger partial charge in [0.2, 0.25) is 0 Å². The van der Waals surface area contributed by atoms with Crippen LogP contribution in [-0.4, -0.2) is 7.05 Å². The molecule has 0 heterocycles. The number of aryl methyl sites for hydroxylation is 1. The maximum absolute atomic E-state index is 6.22. The third-order valence-electron chi connectivity index (χ3n) is 3.61. The van der Waals surface area contributed by atoms with E-state index >= 15 is 0 Å². The average Bonchev–Trinajstić information content (AvgIpc) is 2.46. The van der Waals surface area contributed by atoms with Crippen molar-refractivity contribution < 1.29 is 0 Å². The molecule has 0 bridgehead atoms. The van der Waals surface area contributed by atoms with Gasteiger partial charge in [-0.25, -0.2) is 0 Å². The van der Waals surface area contributed by atoms with Crippen LogP contribution in [0.5, 0.6) is 0 Å². The number of hydrogen-bond donors (Lipinski definition) is 1. The molecular formula is C17H22N2. The largest absolute Gasteiger partial charge is 0.344 e. The lowest BCUT2D eigenvalue weighted by Crippen LogP contribution is -2.17. The van der Waals surface area contributed by atoms with Crippen molar-refractivity contribution in [2.75, 3.05) is 11.9 Å². The van der Waals surface area contributed by atoms with Gasteiger partial charge in [0.25, 0.3) is 0 Å². The fourth-order valence-electron chi connectivity index (χ4n) is 2.40. The quantitative estimate of drug-likeness (QED) is 0.887. The summed E-state index contributed by atoms with van der Waals surface area (Å²) >= 11 is 0. The lowest BCUT2D eigenvalue weighted by molar-refractivity contribution is 0.698. The second kappa shape index (κ2) is 5.89. The Morgan fingerprint density at radius 2 is 1.58 bits per heavy atom. The van der Waals surface area contributed by atoms with E-state index in [1.807, 2.05) is 0 Å². The highest BCUT2D eigenvalue weighted by atomic mass is 15.1. The fourth-order valence-corrected chi connectivity index (χ4v) is 2.40. The summed E-state index contributed by atoms with van der Waals surface area (Å²) in [6.45, 7) is 4.25. The molecular weight excluding hydrogens is 232 g/mol. The zero-order valence-electron chi connectivity index (χ0n) is 11.9. The number of anilines is 2. The maximum atomic E-state index is 6.22. The van der Waals surface area contributed by atoms with Crippen LogP contribution in [0.3, 0.4) is 0 Å². The number of hydrogen-bond acceptors (Lipinski definition) is 2. The summed E-state index contributed by atoms with van der Waals surface area (Å²) in [5.74, 6) is 0. The van der Waals surface area contributed by atoms with Gasteiger partial charge in [0, 0.05) is 24.5 Å². The third kappa shape index (κ3) is 2.79. The van der Waals surface area contributed by atoms with E-state index in [0.717, 1.165) is 6.42 Å². The summed E-state index contributed by atoms with van der Waals surface area (Å²) in [5, 5.41) is 0. The average molecular weight is 254 g/mol. The van der Waals surface area contributed by atoms with Crippen LogP contribution < -0.4 is 10.6 Å². The van der Waals surface area contributed by atoms with E-state index in [0.29, 0.717) is 0 Å². The normalized spacial score (nSPS) is 12.2. The Hall–Kier alpha value is -1.80. The number of benzene rings is 2. The molecule has 0 saturated heterocycles. The Morgan fingerprint density at radius 1 is 1.00 bits per heavy atom. The molecule has 0 fully saturated rings. The van der Waals surface area contributed by atoms with Crippen LogP contribution in [0.15, 0.2) is 48.5 Å². The number of nitrogens with two attached hydrogens (primary N) is 1. The van der Waals surface area contributed by atoms with Gasteiger partial charge in [-0.15, -0.1) is 0 Å². The molecule has 0 spiro atoms. The van der Waals surface area contributed by atoms with Crippen molar-refractivity contribution in [1.29, 1.82) is 0 Å². The molecule has 2 rings (SSSR count). The molecule has 100 valence electrons. The number of para-hydroxylation sites is 2. The van der Waals surface area contributed by atoms with Gasteiger partial charge in [0.05, 0.1) is 0 Å². The van der Waals surface area contributed by atoms with Gasteiger partial charge in [-0.3, -0.25) is 0 Å². The van der Waals surface area contributed by atoms with Crippen molar-refractivity contribution in [3.8, 4) is 0 Å². The molecule has 0 aliphatic rings. The van der Waals surface area contributed by atoms with E-state index in [4.69, 9.17) is 5.73 Å². The van der Waals surface area contributed by atoms with Gasteiger partial charge >= 0.3 is 0 Å². The van der Waals surface area contributed by atoms with Gasteiger partial charge in [0.15, 0.2) is 0 Å². The second-order valence-electron chi connectivity index (χ2n) is 4.92. The van der Waals surface area contributed by atoms with E-state index in [1.165, 1.54) is 22.5 Å². The highest BCUT2D eigenvalue weighted by molar-refractivity contribution is 5.68. The van der Waals surface area contributed by atoms with Crippen LogP contribution in [0.2, 0.25) is 0 Å². The lowest BCUT2D eigenvalue weighted by Gasteiger charge is -2.26. The molecule has 1 unspecified atom stereocenters. The summed E-state index contributed by atoms with van der Waals surface area (Å²) < 4.78 is 0. The first-order valence-electron chi connectivity index (χ1n) is 6.79. The van der Waals surface area contributed by atoms with Crippen LogP contribution in [0.4, 0.5) is 11.4 Å². The standard InChI is InChI=1S/C17H22N2/c1-4-15(18)14-10-6-8-12-17(14)19(3)16-11-7-5-9-13(16)2/h5-12,15H,4,18H2,1-3H3. The fraction of sp³-hybridized carbons (Fsp3) is 0.294. The lowest BCUT2D eigenvalue weighted by atomic mass is 10.0. The SMILES string of the molecule is CCC(N)c1ccccc1N(C)c1ccccc1C. The Labute approximate surface area is 115 Å². The highest BCUT2D eigenvalue weighted by Crippen LogP contribution is 2.32. The first kappa shape index (κ1) is 13.6. The van der Waals surface area contributed by atoms with Crippen LogP contribution in [0.25, 0.3) is 0 Å². The monoisotopic (exact) mass is 254 g/mol. The highest BCUT2D eigenvalue weighted by Gasteiger charge is 2.14. The van der Waals surface area contributed by atoms with E-state index in [-0.39, 0.29) is 6.04 Å². The number of rotatable bonds is 4.